The Morgan fingerprint density at radius 2 is 2.14 bits per heavy atom. The first-order chi connectivity index (χ1) is 6.61. The van der Waals surface area contributed by atoms with Gasteiger partial charge in [0.2, 0.25) is 0 Å². The molecule has 2 rings (SSSR count). The molecule has 1 aromatic heterocycles. The Bertz CT molecular complexity index is 352. The van der Waals surface area contributed by atoms with Crippen LogP contribution in [0.4, 0.5) is 0 Å². The maximum atomic E-state index is 4.58. The maximum absolute atomic E-state index is 4.58. The first-order valence-corrected chi connectivity index (χ1v) is 5.59. The second-order valence-corrected chi connectivity index (χ2v) is 4.81. The van der Waals surface area contributed by atoms with Gasteiger partial charge in [-0.1, -0.05) is 20.8 Å². The van der Waals surface area contributed by atoms with Crippen LogP contribution >= 0.6 is 0 Å². The third kappa shape index (κ3) is 1.35. The molecule has 1 aromatic rings. The summed E-state index contributed by atoms with van der Waals surface area (Å²) in [5, 5.41) is 0. The van der Waals surface area contributed by atoms with Crippen LogP contribution in [0, 0.1) is 6.92 Å². The van der Waals surface area contributed by atoms with Crippen molar-refractivity contribution in [1.82, 2.24) is 4.98 Å². The lowest BCUT2D eigenvalue weighted by atomic mass is 9.93. The molecule has 0 saturated heterocycles. The van der Waals surface area contributed by atoms with Crippen molar-refractivity contribution in [2.75, 3.05) is 0 Å². The van der Waals surface area contributed by atoms with Gasteiger partial charge in [-0.25, -0.2) is 0 Å². The highest BCUT2D eigenvalue weighted by molar-refractivity contribution is 5.42. The number of aryl methyl sites for hydroxylation is 1. The van der Waals surface area contributed by atoms with Crippen molar-refractivity contribution in [3.63, 3.8) is 0 Å². The zero-order chi connectivity index (χ0) is 10.3. The van der Waals surface area contributed by atoms with E-state index < -0.39 is 0 Å². The predicted octanol–water partition coefficient (Wildman–Crippen LogP) is 3.56. The highest BCUT2D eigenvalue weighted by Crippen LogP contribution is 2.36. The summed E-state index contributed by atoms with van der Waals surface area (Å²) in [5.74, 6) is 1.31. The molecule has 0 amide bonds. The lowest BCUT2D eigenvalue weighted by Gasteiger charge is -2.15. The zero-order valence-electron chi connectivity index (χ0n) is 9.59. The van der Waals surface area contributed by atoms with Crippen molar-refractivity contribution in [2.24, 2.45) is 0 Å². The van der Waals surface area contributed by atoms with Crippen LogP contribution in [0.2, 0.25) is 0 Å². The molecule has 1 heteroatoms. The second kappa shape index (κ2) is 3.38. The number of aromatic nitrogens is 1. The van der Waals surface area contributed by atoms with Crippen molar-refractivity contribution in [1.29, 1.82) is 0 Å². The predicted molar refractivity (Wildman–Crippen MR) is 59.8 cm³/mol. The van der Waals surface area contributed by atoms with Crippen LogP contribution in [-0.4, -0.2) is 4.98 Å². The first kappa shape index (κ1) is 9.70. The van der Waals surface area contributed by atoms with Gasteiger partial charge in [0, 0.05) is 11.9 Å². The second-order valence-electron chi connectivity index (χ2n) is 4.81. The Balaban J connectivity index is 2.59. The maximum Gasteiger partial charge on any atom is 0.0466 e. The van der Waals surface area contributed by atoms with Crippen LogP contribution in [0.15, 0.2) is 6.20 Å². The summed E-state index contributed by atoms with van der Waals surface area (Å²) in [6.07, 6.45) is 4.57. The quantitative estimate of drug-likeness (QED) is 0.658. The number of hydrogen-bond donors (Lipinski definition) is 0. The van der Waals surface area contributed by atoms with Gasteiger partial charge < -0.3 is 0 Å². The fourth-order valence-electron chi connectivity index (χ4n) is 2.68. The van der Waals surface area contributed by atoms with Gasteiger partial charge in [-0.15, -0.1) is 0 Å². The van der Waals surface area contributed by atoms with E-state index in [0.29, 0.717) is 11.8 Å². The number of rotatable bonds is 1. The summed E-state index contributed by atoms with van der Waals surface area (Å²) in [6, 6.07) is 0. The summed E-state index contributed by atoms with van der Waals surface area (Å²) >= 11 is 0. The van der Waals surface area contributed by atoms with E-state index in [1.165, 1.54) is 24.1 Å². The van der Waals surface area contributed by atoms with E-state index in [-0.39, 0.29) is 0 Å². The van der Waals surface area contributed by atoms with Crippen molar-refractivity contribution in [3.8, 4) is 0 Å². The molecule has 0 aromatic carbocycles. The van der Waals surface area contributed by atoms with Crippen LogP contribution in [-0.2, 0) is 6.42 Å². The largest absolute Gasteiger partial charge is 0.260 e. The van der Waals surface area contributed by atoms with Crippen molar-refractivity contribution in [2.45, 2.75) is 52.4 Å². The molecule has 1 aliphatic rings. The highest BCUT2D eigenvalue weighted by Gasteiger charge is 2.24. The van der Waals surface area contributed by atoms with Crippen LogP contribution < -0.4 is 0 Å². The Labute approximate surface area is 86.6 Å². The van der Waals surface area contributed by atoms with Gasteiger partial charge in [-0.05, 0) is 48.3 Å². The molecule has 0 N–H and O–H groups in total. The highest BCUT2D eigenvalue weighted by atomic mass is 14.7. The summed E-state index contributed by atoms with van der Waals surface area (Å²) in [6.45, 7) is 9.04. The van der Waals surface area contributed by atoms with Crippen LogP contribution in [0.25, 0.3) is 0 Å². The molecule has 14 heavy (non-hydrogen) atoms. The molecule has 0 spiro atoms. The van der Waals surface area contributed by atoms with Gasteiger partial charge in [-0.2, -0.15) is 0 Å². The van der Waals surface area contributed by atoms with Gasteiger partial charge in [-0.3, -0.25) is 4.98 Å². The zero-order valence-corrected chi connectivity index (χ0v) is 9.59. The summed E-state index contributed by atoms with van der Waals surface area (Å²) in [4.78, 5) is 4.58. The van der Waals surface area contributed by atoms with Gasteiger partial charge in [0.25, 0.3) is 0 Å². The summed E-state index contributed by atoms with van der Waals surface area (Å²) in [7, 11) is 0. The van der Waals surface area contributed by atoms with E-state index in [2.05, 4.69) is 38.9 Å². The van der Waals surface area contributed by atoms with Crippen LogP contribution in [0.1, 0.15) is 61.4 Å². The fourth-order valence-corrected chi connectivity index (χ4v) is 2.68. The number of hydrogen-bond acceptors (Lipinski definition) is 1. The minimum absolute atomic E-state index is 0.636. The van der Waals surface area contributed by atoms with Gasteiger partial charge >= 0.3 is 0 Å². The van der Waals surface area contributed by atoms with Crippen LogP contribution in [0.3, 0.4) is 0 Å². The van der Waals surface area contributed by atoms with E-state index >= 15 is 0 Å². The van der Waals surface area contributed by atoms with E-state index in [4.69, 9.17) is 0 Å². The third-order valence-electron chi connectivity index (χ3n) is 3.33. The van der Waals surface area contributed by atoms with E-state index in [1.807, 2.05) is 0 Å². The molecule has 0 aliphatic heterocycles. The summed E-state index contributed by atoms with van der Waals surface area (Å²) < 4.78 is 0. The molecular weight excluding hydrogens is 170 g/mol. The fraction of sp³-hybridized carbons (Fsp3) is 0.615. The number of fused-ring (bicyclic) bond motifs is 1. The molecular formula is C13H19N. The Morgan fingerprint density at radius 3 is 2.79 bits per heavy atom. The Kier molecular flexibility index (Phi) is 2.34. The lowest BCUT2D eigenvalue weighted by Crippen LogP contribution is -2.02. The molecule has 1 aliphatic carbocycles. The number of nitrogens with zero attached hydrogens (tertiary/aromatic N) is 1. The first-order valence-electron chi connectivity index (χ1n) is 5.59. The molecule has 1 atom stereocenters. The Morgan fingerprint density at radius 1 is 1.43 bits per heavy atom. The number of pyridine rings is 1. The van der Waals surface area contributed by atoms with Crippen molar-refractivity contribution >= 4 is 0 Å². The van der Waals surface area contributed by atoms with Gasteiger partial charge in [0.1, 0.15) is 0 Å². The van der Waals surface area contributed by atoms with Crippen molar-refractivity contribution < 1.29 is 0 Å². The average Bonchev–Trinajstić information content (AvgIpc) is 2.47. The molecule has 0 radical (unpaired) electrons. The normalized spacial score (nSPS) is 20.2. The molecule has 1 unspecified atom stereocenters. The van der Waals surface area contributed by atoms with Gasteiger partial charge in [0.15, 0.2) is 0 Å². The Hall–Kier alpha value is -0.850. The standard InChI is InChI=1S/C13H19N/c1-8(2)12-10(4)7-14-13-9(3)5-6-11(12)13/h7-9H,5-6H2,1-4H3. The minimum Gasteiger partial charge on any atom is -0.260 e. The SMILES string of the molecule is Cc1cnc2c(c1C(C)C)CCC2C. The third-order valence-corrected chi connectivity index (χ3v) is 3.33. The van der Waals surface area contributed by atoms with Crippen molar-refractivity contribution in [3.05, 3.63) is 28.6 Å². The average molecular weight is 189 g/mol. The molecule has 0 saturated carbocycles. The van der Waals surface area contributed by atoms with E-state index in [9.17, 15) is 0 Å². The smallest absolute Gasteiger partial charge is 0.0466 e. The molecule has 1 heterocycles. The van der Waals surface area contributed by atoms with Crippen LogP contribution in [0.5, 0.6) is 0 Å². The van der Waals surface area contributed by atoms with E-state index in [0.717, 1.165) is 0 Å². The topological polar surface area (TPSA) is 12.9 Å². The molecule has 0 bridgehead atoms. The van der Waals surface area contributed by atoms with Gasteiger partial charge in [0.05, 0.1) is 0 Å². The molecule has 0 fully saturated rings. The monoisotopic (exact) mass is 189 g/mol. The minimum atomic E-state index is 0.636. The van der Waals surface area contributed by atoms with E-state index in [1.54, 1.807) is 11.1 Å². The molecule has 76 valence electrons. The molecule has 1 nitrogen and oxygen atoms in total. The summed E-state index contributed by atoms with van der Waals surface area (Å²) in [5.41, 5.74) is 5.83. The lowest BCUT2D eigenvalue weighted by molar-refractivity contribution is 0.731.